The molecule has 0 bridgehead atoms. The number of carbonyl (C=O) groups is 3. The predicted octanol–water partition coefficient (Wildman–Crippen LogP) is 1.23. The number of ether oxygens (including phenoxy) is 2. The summed E-state index contributed by atoms with van der Waals surface area (Å²) in [6, 6.07) is 8.31. The Kier molecular flexibility index (Phi) is 5.53. The van der Waals surface area contributed by atoms with Crippen LogP contribution in [0, 0.1) is 17.2 Å². The van der Waals surface area contributed by atoms with Gasteiger partial charge < -0.3 is 14.8 Å². The van der Waals surface area contributed by atoms with E-state index in [1.54, 1.807) is 31.2 Å². The van der Waals surface area contributed by atoms with Crippen molar-refractivity contribution in [3.05, 3.63) is 29.8 Å². The smallest absolute Gasteiger partial charge is 0.344 e. The molecule has 0 aliphatic heterocycles. The van der Waals surface area contributed by atoms with Crippen LogP contribution in [0.25, 0.3) is 0 Å². The number of amides is 1. The zero-order chi connectivity index (χ0) is 17.6. The van der Waals surface area contributed by atoms with Gasteiger partial charge in [0, 0.05) is 5.56 Å². The second-order valence-corrected chi connectivity index (χ2v) is 5.77. The van der Waals surface area contributed by atoms with Gasteiger partial charge in [-0.05, 0) is 49.9 Å². The molecule has 0 aromatic heterocycles. The summed E-state index contributed by atoms with van der Waals surface area (Å²) in [5, 5.41) is 11.8. The lowest BCUT2D eigenvalue weighted by Gasteiger charge is -2.22. The molecule has 1 aromatic rings. The maximum Gasteiger partial charge on any atom is 0.344 e. The van der Waals surface area contributed by atoms with Crippen molar-refractivity contribution in [2.24, 2.45) is 5.92 Å². The average Bonchev–Trinajstić information content (AvgIpc) is 3.44. The number of nitriles is 1. The number of carbonyl (C=O) groups excluding carboxylic acids is 3. The van der Waals surface area contributed by atoms with Crippen molar-refractivity contribution in [3.63, 3.8) is 0 Å². The first-order valence-electron chi connectivity index (χ1n) is 7.53. The molecular weight excluding hydrogens is 312 g/mol. The highest BCUT2D eigenvalue weighted by molar-refractivity contribution is 5.82. The summed E-state index contributed by atoms with van der Waals surface area (Å²) in [5.74, 6) is -0.656. The molecule has 0 heterocycles. The maximum atomic E-state index is 11.8. The van der Waals surface area contributed by atoms with Crippen molar-refractivity contribution in [1.29, 1.82) is 5.26 Å². The van der Waals surface area contributed by atoms with Gasteiger partial charge in [0.2, 0.25) is 0 Å². The Morgan fingerprint density at radius 3 is 2.54 bits per heavy atom. The number of nitrogens with zero attached hydrogens (tertiary/aromatic N) is 1. The number of hydrogen-bond acceptors (Lipinski definition) is 6. The SMILES string of the molecule is C[C@@](C#N)(NC(=O)COC(=O)COc1ccc(C=O)cc1)C1CC1. The number of rotatable bonds is 8. The molecule has 1 N–H and O–H groups in total. The summed E-state index contributed by atoms with van der Waals surface area (Å²) < 4.78 is 10.0. The lowest BCUT2D eigenvalue weighted by atomic mass is 9.98. The Hall–Kier alpha value is -2.88. The van der Waals surface area contributed by atoms with Crippen LogP contribution in [0.5, 0.6) is 5.75 Å². The summed E-state index contributed by atoms with van der Waals surface area (Å²) in [4.78, 5) is 33.9. The highest BCUT2D eigenvalue weighted by Gasteiger charge is 2.43. The third-order valence-corrected chi connectivity index (χ3v) is 3.76. The van der Waals surface area contributed by atoms with Crippen LogP contribution in [-0.4, -0.2) is 36.9 Å². The van der Waals surface area contributed by atoms with E-state index in [1.165, 1.54) is 0 Å². The van der Waals surface area contributed by atoms with Gasteiger partial charge in [0.15, 0.2) is 13.2 Å². The quantitative estimate of drug-likeness (QED) is 0.568. The Bertz CT molecular complexity index is 661. The lowest BCUT2D eigenvalue weighted by molar-refractivity contribution is -0.150. The molecule has 1 fully saturated rings. The van der Waals surface area contributed by atoms with Gasteiger partial charge in [-0.25, -0.2) is 4.79 Å². The third kappa shape index (κ3) is 4.81. The molecule has 0 unspecified atom stereocenters. The van der Waals surface area contributed by atoms with Gasteiger partial charge in [-0.1, -0.05) is 0 Å². The largest absolute Gasteiger partial charge is 0.482 e. The summed E-state index contributed by atoms with van der Waals surface area (Å²) in [6.45, 7) is 0.846. The van der Waals surface area contributed by atoms with Gasteiger partial charge >= 0.3 is 5.97 Å². The Labute approximate surface area is 139 Å². The van der Waals surface area contributed by atoms with Gasteiger partial charge in [0.05, 0.1) is 6.07 Å². The molecule has 7 heteroatoms. The van der Waals surface area contributed by atoms with E-state index >= 15 is 0 Å². The predicted molar refractivity (Wildman–Crippen MR) is 83.2 cm³/mol. The van der Waals surface area contributed by atoms with E-state index in [0.29, 0.717) is 17.6 Å². The minimum Gasteiger partial charge on any atom is -0.482 e. The Balaban J connectivity index is 1.71. The van der Waals surface area contributed by atoms with Crippen LogP contribution < -0.4 is 10.1 Å². The van der Waals surface area contributed by atoms with Crippen LogP contribution in [0.3, 0.4) is 0 Å². The second-order valence-electron chi connectivity index (χ2n) is 5.77. The van der Waals surface area contributed by atoms with Crippen LogP contribution in [0.1, 0.15) is 30.1 Å². The lowest BCUT2D eigenvalue weighted by Crippen LogP contribution is -2.48. The van der Waals surface area contributed by atoms with E-state index in [4.69, 9.17) is 14.7 Å². The minimum absolute atomic E-state index is 0.153. The molecule has 1 atom stereocenters. The Morgan fingerprint density at radius 2 is 2.00 bits per heavy atom. The first-order valence-corrected chi connectivity index (χ1v) is 7.53. The molecule has 7 nitrogen and oxygen atoms in total. The van der Waals surface area contributed by atoms with Crippen molar-refractivity contribution in [1.82, 2.24) is 5.32 Å². The molecule has 24 heavy (non-hydrogen) atoms. The maximum absolute atomic E-state index is 11.8. The topological polar surface area (TPSA) is 105 Å². The first-order chi connectivity index (χ1) is 11.5. The highest BCUT2D eigenvalue weighted by atomic mass is 16.6. The van der Waals surface area contributed by atoms with Crippen molar-refractivity contribution < 1.29 is 23.9 Å². The first kappa shape index (κ1) is 17.5. The van der Waals surface area contributed by atoms with Gasteiger partial charge in [0.1, 0.15) is 17.6 Å². The van der Waals surface area contributed by atoms with Gasteiger partial charge in [0.25, 0.3) is 5.91 Å². The molecule has 1 saturated carbocycles. The highest BCUT2D eigenvalue weighted by Crippen LogP contribution is 2.39. The molecule has 1 aromatic carbocycles. The fourth-order valence-corrected chi connectivity index (χ4v) is 2.18. The normalized spacial score (nSPS) is 15.5. The van der Waals surface area contributed by atoms with Crippen LogP contribution in [0.2, 0.25) is 0 Å². The number of nitrogens with one attached hydrogen (secondary N) is 1. The molecule has 0 saturated heterocycles. The molecular formula is C17H18N2O5. The zero-order valence-corrected chi connectivity index (χ0v) is 13.3. The van der Waals surface area contributed by atoms with Crippen LogP contribution in [0.4, 0.5) is 0 Å². The van der Waals surface area contributed by atoms with Gasteiger partial charge in [-0.3, -0.25) is 9.59 Å². The monoisotopic (exact) mass is 330 g/mol. The summed E-state index contributed by atoms with van der Waals surface area (Å²) in [6.07, 6.45) is 2.51. The van der Waals surface area contributed by atoms with E-state index in [2.05, 4.69) is 11.4 Å². The Morgan fingerprint density at radius 1 is 1.33 bits per heavy atom. The second kappa shape index (κ2) is 7.59. The van der Waals surface area contributed by atoms with E-state index in [-0.39, 0.29) is 12.5 Å². The number of esters is 1. The minimum atomic E-state index is -0.916. The summed E-state index contributed by atoms with van der Waals surface area (Å²) >= 11 is 0. The van der Waals surface area contributed by atoms with Gasteiger partial charge in [-0.15, -0.1) is 0 Å². The number of hydrogen-bond donors (Lipinski definition) is 1. The molecule has 1 aliphatic rings. The molecule has 1 aliphatic carbocycles. The summed E-state index contributed by atoms with van der Waals surface area (Å²) in [7, 11) is 0. The standard InChI is InChI=1S/C17H18N2O5/c1-17(11-18,13-4-5-13)19-15(21)9-24-16(22)10-23-14-6-2-12(8-20)3-7-14/h2-3,6-8,13H,4-5,9-10H2,1H3,(H,19,21)/t17-/m0/s1. The zero-order valence-electron chi connectivity index (χ0n) is 13.3. The van der Waals surface area contributed by atoms with E-state index < -0.39 is 24.0 Å². The molecule has 0 spiro atoms. The number of benzene rings is 1. The fraction of sp³-hybridized carbons (Fsp3) is 0.412. The van der Waals surface area contributed by atoms with E-state index in [0.717, 1.165) is 12.8 Å². The third-order valence-electron chi connectivity index (χ3n) is 3.76. The van der Waals surface area contributed by atoms with E-state index in [9.17, 15) is 14.4 Å². The van der Waals surface area contributed by atoms with Crippen LogP contribution >= 0.6 is 0 Å². The fourth-order valence-electron chi connectivity index (χ4n) is 2.18. The number of aldehydes is 1. The molecule has 0 radical (unpaired) electrons. The average molecular weight is 330 g/mol. The summed E-state index contributed by atoms with van der Waals surface area (Å²) in [5.41, 5.74) is -0.418. The molecule has 2 rings (SSSR count). The van der Waals surface area contributed by atoms with Gasteiger partial charge in [-0.2, -0.15) is 5.26 Å². The van der Waals surface area contributed by atoms with Crippen LogP contribution in [0.15, 0.2) is 24.3 Å². The van der Waals surface area contributed by atoms with Crippen LogP contribution in [-0.2, 0) is 14.3 Å². The van der Waals surface area contributed by atoms with Crippen molar-refractivity contribution >= 4 is 18.2 Å². The van der Waals surface area contributed by atoms with Crippen molar-refractivity contribution in [2.75, 3.05) is 13.2 Å². The molecule has 126 valence electrons. The van der Waals surface area contributed by atoms with E-state index in [1.807, 2.05) is 0 Å². The molecule has 1 amide bonds. The van der Waals surface area contributed by atoms with Crippen molar-refractivity contribution in [2.45, 2.75) is 25.3 Å². The van der Waals surface area contributed by atoms with Crippen molar-refractivity contribution in [3.8, 4) is 11.8 Å².